The molecule has 6 rings (SSSR count). The minimum absolute atomic E-state index is 0. The summed E-state index contributed by atoms with van der Waals surface area (Å²) in [5.41, 5.74) is 12.7. The van der Waals surface area contributed by atoms with Crippen molar-refractivity contribution in [2.24, 2.45) is 0 Å². The van der Waals surface area contributed by atoms with Crippen LogP contribution in [-0.2, 0) is 41.5 Å². The number of fused-ring (bicyclic) bond motifs is 3. The van der Waals surface area contributed by atoms with Crippen molar-refractivity contribution in [1.29, 1.82) is 0 Å². The van der Waals surface area contributed by atoms with Gasteiger partial charge in [0.1, 0.15) is 0 Å². The van der Waals surface area contributed by atoms with E-state index in [4.69, 9.17) is 0 Å². The first-order valence-corrected chi connectivity index (χ1v) is 15.8. The van der Waals surface area contributed by atoms with Gasteiger partial charge in [-0.1, -0.05) is 65.3 Å². The van der Waals surface area contributed by atoms with Crippen LogP contribution in [0.3, 0.4) is 0 Å². The van der Waals surface area contributed by atoms with Crippen molar-refractivity contribution < 1.29 is 49.0 Å². The number of halogens is 2. The molecule has 0 radical (unpaired) electrons. The van der Waals surface area contributed by atoms with E-state index in [9.17, 15) is 0 Å². The van der Waals surface area contributed by atoms with E-state index in [0.717, 1.165) is 12.8 Å². The Bertz CT molecular complexity index is 1440. The summed E-state index contributed by atoms with van der Waals surface area (Å²) in [4.78, 5) is 0. The fraction of sp³-hybridized carbons (Fsp3) is 0.275. The van der Waals surface area contributed by atoms with Crippen LogP contribution in [0.4, 0.5) is 0 Å². The van der Waals surface area contributed by atoms with Crippen molar-refractivity contribution in [1.82, 2.24) is 0 Å². The van der Waals surface area contributed by atoms with E-state index < -0.39 is 0 Å². The molecule has 43 heavy (non-hydrogen) atoms. The number of allylic oxidation sites excluding steroid dienone is 4. The number of hydrogen-bond acceptors (Lipinski definition) is 0. The molecule has 222 valence electrons. The van der Waals surface area contributed by atoms with Crippen LogP contribution in [-0.4, -0.2) is 3.21 Å². The quantitative estimate of drug-likeness (QED) is 0.245. The third kappa shape index (κ3) is 10.1. The van der Waals surface area contributed by atoms with E-state index in [2.05, 4.69) is 158 Å². The molecule has 2 aliphatic rings. The van der Waals surface area contributed by atoms with E-state index in [-0.39, 0.29) is 35.6 Å². The summed E-state index contributed by atoms with van der Waals surface area (Å²) in [5.74, 6) is 0. The normalized spacial score (nSPS) is 12.6. The van der Waals surface area contributed by atoms with Crippen molar-refractivity contribution >= 4 is 3.21 Å². The number of hydrogen-bond donors (Lipinski definition) is 0. The van der Waals surface area contributed by atoms with Gasteiger partial charge in [0, 0.05) is 0 Å². The van der Waals surface area contributed by atoms with Crippen molar-refractivity contribution in [3.05, 3.63) is 154 Å². The first kappa shape index (κ1) is 36.9. The Morgan fingerprint density at radius 1 is 0.698 bits per heavy atom. The van der Waals surface area contributed by atoms with Gasteiger partial charge in [0.05, 0.1) is 0 Å². The molecule has 0 saturated heterocycles. The van der Waals surface area contributed by atoms with E-state index in [1.54, 1.807) is 0 Å². The van der Waals surface area contributed by atoms with Crippen molar-refractivity contribution in [2.75, 3.05) is 0 Å². The van der Waals surface area contributed by atoms with Crippen molar-refractivity contribution in [3.8, 4) is 11.1 Å². The number of rotatable bonds is 2. The van der Waals surface area contributed by atoms with Gasteiger partial charge in [-0.3, -0.25) is 6.08 Å². The molecule has 0 fully saturated rings. The molecule has 0 N–H and O–H groups in total. The van der Waals surface area contributed by atoms with E-state index in [0.29, 0.717) is 0 Å². The second kappa shape index (κ2) is 16.1. The summed E-state index contributed by atoms with van der Waals surface area (Å²) in [7, 11) is 0. The topological polar surface area (TPSA) is 0 Å². The molecule has 4 aromatic rings. The predicted molar refractivity (Wildman–Crippen MR) is 173 cm³/mol. The van der Waals surface area contributed by atoms with Gasteiger partial charge in [0.25, 0.3) is 0 Å². The molecule has 0 aromatic heterocycles. The Kier molecular flexibility index (Phi) is 13.8. The number of benzene rings is 4. The second-order valence-corrected chi connectivity index (χ2v) is 14.1. The molecule has 0 unspecified atom stereocenters. The van der Waals surface area contributed by atoms with Gasteiger partial charge in [0.15, 0.2) is 0 Å². The van der Waals surface area contributed by atoms with E-state index in [1.165, 1.54) is 77.5 Å². The Balaban J connectivity index is 0.000000253. The summed E-state index contributed by atoms with van der Waals surface area (Å²) in [6, 6.07) is 36.3. The van der Waals surface area contributed by atoms with Gasteiger partial charge < -0.3 is 24.8 Å². The van der Waals surface area contributed by atoms with Crippen LogP contribution in [0.2, 0.25) is 0 Å². The van der Waals surface area contributed by atoms with Crippen molar-refractivity contribution in [3.63, 3.8) is 0 Å². The standard InChI is InChI=1S/C21H25.C13H10.C6H7.2ClH.Zr/c1-20(2,3)16-7-9-18-14(12-16)11-15-13-17(21(4,5)6)8-10-19(15)18;1-3-7-12(8-4-1)11-13-9-5-2-6-10-13;1-6-4-2-3-5-6;;;/h7-10,12H,11H2,1-6H3;1-10H;4-5H,2H2,1H3;2*1H;/q-1;;-1;;;+2/p-2. The van der Waals surface area contributed by atoms with Gasteiger partial charge in [-0.05, 0) is 28.4 Å². The maximum absolute atomic E-state index is 3.67. The molecule has 0 heterocycles. The van der Waals surface area contributed by atoms with Crippen LogP contribution in [0, 0.1) is 12.1 Å². The van der Waals surface area contributed by atoms with Crippen LogP contribution in [0.25, 0.3) is 11.1 Å². The fourth-order valence-electron chi connectivity index (χ4n) is 4.90. The Hall–Kier alpha value is -2.31. The van der Waals surface area contributed by atoms with Crippen LogP contribution >= 0.6 is 0 Å². The fourth-order valence-corrected chi connectivity index (χ4v) is 5.72. The first-order valence-electron chi connectivity index (χ1n) is 14.6. The molecule has 0 aliphatic heterocycles. The van der Waals surface area contributed by atoms with Gasteiger partial charge in [-0.25, -0.2) is 11.6 Å². The maximum atomic E-state index is 3.67. The van der Waals surface area contributed by atoms with Crippen LogP contribution < -0.4 is 24.8 Å². The predicted octanol–water partition coefficient (Wildman–Crippen LogP) is 4.16. The first-order chi connectivity index (χ1) is 19.4. The molecule has 4 aromatic carbocycles. The molecule has 0 nitrogen and oxygen atoms in total. The SMILES string of the molecule is CC(C)(C)c1[c-]c2c(cc1)-c1ccc(C(C)(C)C)cc1C2.CC1=CC[C-]=C1.[Cl-].[Cl-].[Zr+2]=[C](c1ccccc1)c1ccccc1. The van der Waals surface area contributed by atoms with Crippen LogP contribution in [0.5, 0.6) is 0 Å². The third-order valence-electron chi connectivity index (χ3n) is 7.46. The molecule has 0 spiro atoms. The monoisotopic (exact) mass is 682 g/mol. The summed E-state index contributed by atoms with van der Waals surface area (Å²) >= 11 is 1.46. The zero-order valence-electron chi connectivity index (χ0n) is 26.5. The van der Waals surface area contributed by atoms with E-state index >= 15 is 0 Å². The summed E-state index contributed by atoms with van der Waals surface area (Å²) < 4.78 is 1.42. The summed E-state index contributed by atoms with van der Waals surface area (Å²) in [6.45, 7) is 15.7. The zero-order valence-corrected chi connectivity index (χ0v) is 30.5. The average molecular weight is 685 g/mol. The molecular weight excluding hydrogens is 643 g/mol. The minimum atomic E-state index is 0. The summed E-state index contributed by atoms with van der Waals surface area (Å²) in [6.07, 6.45) is 9.27. The van der Waals surface area contributed by atoms with Gasteiger partial charge in [0.2, 0.25) is 0 Å². The average Bonchev–Trinajstić information content (AvgIpc) is 3.59. The molecular formula is C40H42Cl2Zr-2. The Labute approximate surface area is 287 Å². The Morgan fingerprint density at radius 3 is 1.70 bits per heavy atom. The third-order valence-corrected chi connectivity index (χ3v) is 8.88. The van der Waals surface area contributed by atoms with Crippen molar-refractivity contribution in [2.45, 2.75) is 72.1 Å². The molecule has 0 amide bonds. The molecule has 0 saturated carbocycles. The van der Waals surface area contributed by atoms with Gasteiger partial charge in [-0.2, -0.15) is 29.8 Å². The molecule has 3 heteroatoms. The second-order valence-electron chi connectivity index (χ2n) is 12.9. The molecule has 0 bridgehead atoms. The summed E-state index contributed by atoms with van der Waals surface area (Å²) in [5, 5.41) is 0. The van der Waals surface area contributed by atoms with Crippen LogP contribution in [0.1, 0.15) is 88.3 Å². The Morgan fingerprint density at radius 2 is 1.26 bits per heavy atom. The van der Waals surface area contributed by atoms with Gasteiger partial charge >= 0.3 is 99.2 Å². The molecule has 2 aliphatic carbocycles. The zero-order chi connectivity index (χ0) is 29.6. The molecule has 0 atom stereocenters. The van der Waals surface area contributed by atoms with Gasteiger partial charge in [-0.15, -0.1) is 24.5 Å². The van der Waals surface area contributed by atoms with Crippen LogP contribution in [0.15, 0.2) is 109 Å². The van der Waals surface area contributed by atoms with E-state index in [1.807, 2.05) is 6.08 Å².